The Bertz CT molecular complexity index is 807. The Kier molecular flexibility index (Phi) is 26.6. The monoisotopic (exact) mass is 635 g/mol. The van der Waals surface area contributed by atoms with Gasteiger partial charge in [-0.15, -0.1) is 0 Å². The van der Waals surface area contributed by atoms with Crippen LogP contribution in [0.3, 0.4) is 0 Å². The maximum Gasteiger partial charge on any atom is 0.472 e. The maximum absolute atomic E-state index is 12.2. The molecule has 11 nitrogen and oxygen atoms in total. The predicted molar refractivity (Wildman–Crippen MR) is 166 cm³/mol. The van der Waals surface area contributed by atoms with Crippen LogP contribution in [0, 0.1) is 0 Å². The number of aliphatic carboxylic acids is 1. The Hall–Kier alpha value is -1.78. The van der Waals surface area contributed by atoms with Crippen molar-refractivity contribution in [2.24, 2.45) is 0 Å². The first kappa shape index (κ1) is 41.2. The summed E-state index contributed by atoms with van der Waals surface area (Å²) < 4.78 is 26.5. The number of aliphatic hydroxyl groups is 1. The molecule has 0 saturated heterocycles. The number of phosphoric acid groups is 1. The van der Waals surface area contributed by atoms with E-state index in [9.17, 15) is 34.1 Å². The van der Waals surface area contributed by atoms with Gasteiger partial charge < -0.3 is 25.2 Å². The van der Waals surface area contributed by atoms with E-state index in [2.05, 4.69) is 35.8 Å². The number of nitrogens with one attached hydrogen (secondary N) is 1. The molecular formula is C31H58NO10P. The van der Waals surface area contributed by atoms with Crippen molar-refractivity contribution < 1.29 is 47.8 Å². The Morgan fingerprint density at radius 1 is 0.721 bits per heavy atom. The molecular weight excluding hydrogens is 577 g/mol. The van der Waals surface area contributed by atoms with E-state index in [-0.39, 0.29) is 12.8 Å². The van der Waals surface area contributed by atoms with Crippen LogP contribution < -0.4 is 5.32 Å². The summed E-state index contributed by atoms with van der Waals surface area (Å²) in [5.74, 6) is -2.40. The first-order valence-corrected chi connectivity index (χ1v) is 17.7. The highest BCUT2D eigenvalue weighted by molar-refractivity contribution is 7.47. The van der Waals surface area contributed by atoms with E-state index < -0.39 is 57.6 Å². The number of allylic oxidation sites excluding steroid dienone is 2. The normalized spacial score (nSPS) is 14.3. The zero-order valence-electron chi connectivity index (χ0n) is 26.5. The minimum absolute atomic E-state index is 0.137. The second-order valence-corrected chi connectivity index (χ2v) is 12.5. The number of hydrogen-bond acceptors (Lipinski definition) is 8. The van der Waals surface area contributed by atoms with E-state index in [0.717, 1.165) is 64.2 Å². The number of unbranched alkanes of at least 4 members (excludes halogenated alkanes) is 14. The summed E-state index contributed by atoms with van der Waals surface area (Å²) >= 11 is 0. The molecule has 43 heavy (non-hydrogen) atoms. The molecule has 1 amide bonds. The molecule has 0 aliphatic carbocycles. The molecule has 4 N–H and O–H groups in total. The molecule has 0 heterocycles. The lowest BCUT2D eigenvalue weighted by Gasteiger charge is -2.18. The predicted octanol–water partition coefficient (Wildman–Crippen LogP) is 6.60. The third-order valence-electron chi connectivity index (χ3n) is 6.80. The van der Waals surface area contributed by atoms with E-state index in [1.54, 1.807) is 0 Å². The van der Waals surface area contributed by atoms with Gasteiger partial charge in [0.05, 0.1) is 13.2 Å². The lowest BCUT2D eigenvalue weighted by Crippen LogP contribution is -2.43. The highest BCUT2D eigenvalue weighted by Crippen LogP contribution is 2.43. The van der Waals surface area contributed by atoms with Crippen LogP contribution in [-0.4, -0.2) is 64.9 Å². The lowest BCUT2D eigenvalue weighted by atomic mass is 10.1. The summed E-state index contributed by atoms with van der Waals surface area (Å²) in [5.41, 5.74) is 0. The topological polar surface area (TPSA) is 169 Å². The van der Waals surface area contributed by atoms with Crippen molar-refractivity contribution in [1.29, 1.82) is 0 Å². The molecule has 0 saturated carbocycles. The summed E-state index contributed by atoms with van der Waals surface area (Å²) in [6.45, 7) is 2.44. The molecule has 3 unspecified atom stereocenters. The first-order chi connectivity index (χ1) is 20.6. The van der Waals surface area contributed by atoms with Crippen molar-refractivity contribution in [3.8, 4) is 0 Å². The zero-order chi connectivity index (χ0) is 32.2. The molecule has 0 aromatic heterocycles. The van der Waals surface area contributed by atoms with Gasteiger partial charge >= 0.3 is 19.8 Å². The number of ether oxygens (including phenoxy) is 1. The minimum atomic E-state index is -4.73. The number of carbonyl (C=O) groups excluding carboxylic acids is 2. The van der Waals surface area contributed by atoms with Crippen LogP contribution in [0.2, 0.25) is 0 Å². The van der Waals surface area contributed by atoms with Gasteiger partial charge in [-0.3, -0.25) is 18.6 Å². The largest absolute Gasteiger partial charge is 0.480 e. The summed E-state index contributed by atoms with van der Waals surface area (Å²) in [5, 5.41) is 21.5. The molecule has 0 spiro atoms. The fourth-order valence-corrected chi connectivity index (χ4v) is 4.96. The molecule has 0 aromatic carbocycles. The number of carboxylic acid groups (broad SMARTS) is 1. The SMILES string of the molecule is CCCCCC/C=C\CCCCCCCC(=O)NC(COP(=O)(O)OCC(O)COC(=O)CCCCCCCC)C(=O)O. The molecule has 0 aliphatic heterocycles. The van der Waals surface area contributed by atoms with Crippen molar-refractivity contribution in [3.63, 3.8) is 0 Å². The Morgan fingerprint density at radius 3 is 1.79 bits per heavy atom. The number of phosphoric ester groups is 1. The highest BCUT2D eigenvalue weighted by Gasteiger charge is 2.28. The maximum atomic E-state index is 12.2. The van der Waals surface area contributed by atoms with Crippen molar-refractivity contribution in [2.45, 2.75) is 148 Å². The van der Waals surface area contributed by atoms with E-state index in [1.165, 1.54) is 32.1 Å². The number of rotatable bonds is 30. The van der Waals surface area contributed by atoms with Gasteiger partial charge in [-0.05, 0) is 38.5 Å². The Morgan fingerprint density at radius 2 is 1.21 bits per heavy atom. The average Bonchev–Trinajstić information content (AvgIpc) is 2.97. The summed E-state index contributed by atoms with van der Waals surface area (Å²) in [6.07, 6.45) is 21.4. The van der Waals surface area contributed by atoms with Crippen LogP contribution in [0.1, 0.15) is 136 Å². The van der Waals surface area contributed by atoms with Crippen LogP contribution in [0.5, 0.6) is 0 Å². The number of aliphatic hydroxyl groups excluding tert-OH is 1. The third kappa shape index (κ3) is 27.5. The van der Waals surface area contributed by atoms with Crippen molar-refractivity contribution in [2.75, 3.05) is 19.8 Å². The van der Waals surface area contributed by atoms with Crippen molar-refractivity contribution in [3.05, 3.63) is 12.2 Å². The minimum Gasteiger partial charge on any atom is -0.480 e. The van der Waals surface area contributed by atoms with Gasteiger partial charge in [0.2, 0.25) is 5.91 Å². The van der Waals surface area contributed by atoms with Gasteiger partial charge in [-0.25, -0.2) is 9.36 Å². The van der Waals surface area contributed by atoms with Gasteiger partial charge in [-0.2, -0.15) is 0 Å². The van der Waals surface area contributed by atoms with Gasteiger partial charge in [0.1, 0.15) is 12.7 Å². The molecule has 12 heteroatoms. The quantitative estimate of drug-likeness (QED) is 0.0292. The molecule has 0 bridgehead atoms. The standard InChI is InChI=1S/C31H58NO10P/c1-3-5-7-9-11-12-13-14-15-16-17-18-20-22-29(34)32-28(31(36)37)26-42-43(38,39)41-25-27(33)24-40-30(35)23-21-19-10-8-6-4-2/h12-13,27-28,33H,3-11,14-26H2,1-2H3,(H,32,34)(H,36,37)(H,38,39)/b13-12-. The van der Waals surface area contributed by atoms with E-state index >= 15 is 0 Å². The zero-order valence-corrected chi connectivity index (χ0v) is 27.4. The molecule has 252 valence electrons. The Labute approximate surface area is 258 Å². The van der Waals surface area contributed by atoms with Crippen LogP contribution in [0.15, 0.2) is 12.2 Å². The molecule has 0 rings (SSSR count). The molecule has 0 fully saturated rings. The first-order valence-electron chi connectivity index (χ1n) is 16.2. The van der Waals surface area contributed by atoms with E-state index in [1.807, 2.05) is 0 Å². The number of carbonyl (C=O) groups is 3. The highest BCUT2D eigenvalue weighted by atomic mass is 31.2. The smallest absolute Gasteiger partial charge is 0.472 e. The Balaban J connectivity index is 4.06. The summed E-state index contributed by atoms with van der Waals surface area (Å²) in [4.78, 5) is 45.3. The number of amides is 1. The van der Waals surface area contributed by atoms with Crippen molar-refractivity contribution >= 4 is 25.7 Å². The van der Waals surface area contributed by atoms with Crippen LogP contribution >= 0.6 is 7.82 Å². The fourth-order valence-electron chi connectivity index (χ4n) is 4.19. The van der Waals surface area contributed by atoms with Gasteiger partial charge in [0.15, 0.2) is 6.04 Å². The fraction of sp³-hybridized carbons (Fsp3) is 0.839. The van der Waals surface area contributed by atoms with E-state index in [0.29, 0.717) is 12.8 Å². The molecule has 0 aromatic rings. The van der Waals surface area contributed by atoms with Gasteiger partial charge in [0.25, 0.3) is 0 Å². The number of esters is 1. The molecule has 0 aliphatic rings. The third-order valence-corrected chi connectivity index (χ3v) is 7.76. The van der Waals surface area contributed by atoms with Gasteiger partial charge in [-0.1, -0.05) is 96.6 Å². The van der Waals surface area contributed by atoms with Crippen LogP contribution in [0.4, 0.5) is 0 Å². The number of carboxylic acids is 1. The second-order valence-electron chi connectivity index (χ2n) is 11.0. The summed E-state index contributed by atoms with van der Waals surface area (Å²) in [7, 11) is -4.73. The van der Waals surface area contributed by atoms with E-state index in [4.69, 9.17) is 9.26 Å². The average molecular weight is 636 g/mol. The molecule has 0 radical (unpaired) electrons. The number of hydrogen-bond donors (Lipinski definition) is 4. The van der Waals surface area contributed by atoms with Crippen LogP contribution in [0.25, 0.3) is 0 Å². The second kappa shape index (κ2) is 27.7. The molecule has 3 atom stereocenters. The van der Waals surface area contributed by atoms with Gasteiger partial charge in [0, 0.05) is 12.8 Å². The lowest BCUT2D eigenvalue weighted by molar-refractivity contribution is -0.147. The summed E-state index contributed by atoms with van der Waals surface area (Å²) in [6, 6.07) is -1.54. The van der Waals surface area contributed by atoms with Crippen LogP contribution in [-0.2, 0) is 32.7 Å². The van der Waals surface area contributed by atoms with Crippen molar-refractivity contribution in [1.82, 2.24) is 5.32 Å².